The summed E-state index contributed by atoms with van der Waals surface area (Å²) in [5.41, 5.74) is 2.18. The van der Waals surface area contributed by atoms with Crippen molar-refractivity contribution in [2.45, 2.75) is 19.8 Å². The Hall–Kier alpha value is -3.52. The van der Waals surface area contributed by atoms with Crippen molar-refractivity contribution in [3.8, 4) is 28.4 Å². The fourth-order valence-corrected chi connectivity index (χ4v) is 3.75. The molecule has 1 aliphatic carbocycles. The topological polar surface area (TPSA) is 85.7 Å². The van der Waals surface area contributed by atoms with Gasteiger partial charge in [-0.05, 0) is 31.9 Å². The first-order chi connectivity index (χ1) is 16.4. The number of anilines is 1. The molecule has 1 heterocycles. The molecule has 9 heteroatoms. The van der Waals surface area contributed by atoms with E-state index in [9.17, 15) is 9.59 Å². The van der Waals surface area contributed by atoms with Gasteiger partial charge in [-0.15, -0.1) is 0 Å². The predicted molar refractivity (Wildman–Crippen MR) is 131 cm³/mol. The van der Waals surface area contributed by atoms with Gasteiger partial charge in [0.15, 0.2) is 0 Å². The molecule has 0 saturated heterocycles. The van der Waals surface area contributed by atoms with E-state index >= 15 is 0 Å². The molecule has 1 fully saturated rings. The third-order valence-corrected chi connectivity index (χ3v) is 5.92. The number of carbonyl (C=O) groups excluding carboxylic acids is 2. The summed E-state index contributed by atoms with van der Waals surface area (Å²) < 4.78 is 12.6. The van der Waals surface area contributed by atoms with E-state index in [1.807, 2.05) is 37.4 Å². The van der Waals surface area contributed by atoms with Crippen LogP contribution in [0.25, 0.3) is 16.9 Å². The highest BCUT2D eigenvalue weighted by Crippen LogP contribution is 2.32. The minimum absolute atomic E-state index is 0.0281. The summed E-state index contributed by atoms with van der Waals surface area (Å²) in [4.78, 5) is 31.6. The van der Waals surface area contributed by atoms with Crippen LogP contribution >= 0.6 is 11.6 Å². The van der Waals surface area contributed by atoms with Crippen molar-refractivity contribution in [3.05, 3.63) is 53.7 Å². The zero-order valence-electron chi connectivity index (χ0n) is 19.4. The maximum atomic E-state index is 12.9. The second-order valence-electron chi connectivity index (χ2n) is 8.07. The number of methoxy groups -OCH3 is 2. The molecule has 3 aromatic rings. The minimum atomic E-state index is -0.319. The second kappa shape index (κ2) is 10.2. The van der Waals surface area contributed by atoms with E-state index in [0.717, 1.165) is 18.4 Å². The number of nitrogens with zero attached hydrogens (tertiary/aromatic N) is 3. The second-order valence-corrected chi connectivity index (χ2v) is 8.51. The lowest BCUT2D eigenvalue weighted by atomic mass is 10.2. The Morgan fingerprint density at radius 1 is 1.12 bits per heavy atom. The molecule has 1 aliphatic rings. The Labute approximate surface area is 203 Å². The van der Waals surface area contributed by atoms with E-state index in [-0.39, 0.29) is 24.3 Å². The largest absolute Gasteiger partial charge is 0.497 e. The standard InChI is InChI=1S/C25H27ClN4O4/c1-4-29(24(32)17-5-6-17)15-23(31)28-25-27-22(16-7-9-18(26)10-8-16)14-30(25)19-11-20(33-2)13-21(12-19)34-3/h7-14,17H,4-6,15H2,1-3H3,(H,27,28,31). The predicted octanol–water partition coefficient (Wildman–Crippen LogP) is 4.41. The number of imidazole rings is 1. The molecule has 8 nitrogen and oxygen atoms in total. The van der Waals surface area contributed by atoms with Crippen molar-refractivity contribution < 1.29 is 19.1 Å². The summed E-state index contributed by atoms with van der Waals surface area (Å²) in [5, 5.41) is 3.50. The van der Waals surface area contributed by atoms with Gasteiger partial charge in [-0.25, -0.2) is 4.98 Å². The highest BCUT2D eigenvalue weighted by Gasteiger charge is 2.33. The summed E-state index contributed by atoms with van der Waals surface area (Å²) in [7, 11) is 3.15. The van der Waals surface area contributed by atoms with Crippen LogP contribution in [-0.2, 0) is 9.59 Å². The molecule has 0 aliphatic heterocycles. The van der Waals surface area contributed by atoms with Crippen LogP contribution in [-0.4, -0.2) is 53.6 Å². The van der Waals surface area contributed by atoms with Crippen molar-refractivity contribution in [3.63, 3.8) is 0 Å². The van der Waals surface area contributed by atoms with Gasteiger partial charge in [-0.2, -0.15) is 0 Å². The lowest BCUT2D eigenvalue weighted by molar-refractivity contribution is -0.135. The smallest absolute Gasteiger partial charge is 0.246 e. The molecule has 178 valence electrons. The Morgan fingerprint density at radius 2 is 1.76 bits per heavy atom. The van der Waals surface area contributed by atoms with Crippen molar-refractivity contribution in [2.24, 2.45) is 5.92 Å². The van der Waals surface area contributed by atoms with Gasteiger partial charge in [0.05, 0.1) is 32.1 Å². The van der Waals surface area contributed by atoms with Crippen molar-refractivity contribution in [1.82, 2.24) is 14.5 Å². The van der Waals surface area contributed by atoms with E-state index in [1.165, 1.54) is 0 Å². The van der Waals surface area contributed by atoms with Gasteiger partial charge in [0.1, 0.15) is 11.5 Å². The van der Waals surface area contributed by atoms with Crippen LogP contribution in [0.4, 0.5) is 5.95 Å². The Balaban J connectivity index is 1.68. The molecule has 4 rings (SSSR count). The van der Waals surface area contributed by atoms with Gasteiger partial charge >= 0.3 is 0 Å². The highest BCUT2D eigenvalue weighted by atomic mass is 35.5. The van der Waals surface area contributed by atoms with Gasteiger partial charge in [0.2, 0.25) is 17.8 Å². The van der Waals surface area contributed by atoms with Gasteiger partial charge in [-0.1, -0.05) is 23.7 Å². The van der Waals surface area contributed by atoms with E-state index < -0.39 is 0 Å². The molecule has 0 bridgehead atoms. The van der Waals surface area contributed by atoms with Crippen LogP contribution in [0.2, 0.25) is 5.02 Å². The third kappa shape index (κ3) is 5.34. The number of ether oxygens (including phenoxy) is 2. The van der Waals surface area contributed by atoms with Crippen molar-refractivity contribution >= 4 is 29.4 Å². The Kier molecular flexibility index (Phi) is 7.07. The molecule has 34 heavy (non-hydrogen) atoms. The average Bonchev–Trinajstić information content (AvgIpc) is 3.62. The number of hydrogen-bond acceptors (Lipinski definition) is 5. The number of carbonyl (C=O) groups is 2. The molecule has 0 unspecified atom stereocenters. The number of nitrogens with one attached hydrogen (secondary N) is 1. The van der Waals surface area contributed by atoms with E-state index in [1.54, 1.807) is 41.9 Å². The van der Waals surface area contributed by atoms with E-state index in [4.69, 9.17) is 21.1 Å². The summed E-state index contributed by atoms with van der Waals surface area (Å²) in [5.74, 6) is 1.28. The number of halogens is 1. The monoisotopic (exact) mass is 482 g/mol. The molecule has 1 saturated carbocycles. The van der Waals surface area contributed by atoms with Crippen LogP contribution in [0.1, 0.15) is 19.8 Å². The summed E-state index contributed by atoms with van der Waals surface area (Å²) >= 11 is 6.04. The summed E-state index contributed by atoms with van der Waals surface area (Å²) in [6.07, 6.45) is 3.60. The molecule has 0 spiro atoms. The molecule has 1 aromatic heterocycles. The van der Waals surface area contributed by atoms with Gasteiger partial charge in [0.25, 0.3) is 0 Å². The Morgan fingerprint density at radius 3 is 2.32 bits per heavy atom. The molecular weight excluding hydrogens is 456 g/mol. The third-order valence-electron chi connectivity index (χ3n) is 5.67. The van der Waals surface area contributed by atoms with E-state index in [2.05, 4.69) is 10.3 Å². The fraction of sp³-hybridized carbons (Fsp3) is 0.320. The zero-order chi connectivity index (χ0) is 24.2. The Bertz CT molecular complexity index is 1170. The van der Waals surface area contributed by atoms with Crippen LogP contribution in [0.5, 0.6) is 11.5 Å². The number of benzene rings is 2. The lowest BCUT2D eigenvalue weighted by Crippen LogP contribution is -2.39. The van der Waals surface area contributed by atoms with Crippen molar-refractivity contribution in [2.75, 3.05) is 32.6 Å². The van der Waals surface area contributed by atoms with Gasteiger partial charge in [0, 0.05) is 47.4 Å². The first-order valence-corrected chi connectivity index (χ1v) is 11.5. The van der Waals surface area contributed by atoms with Crippen molar-refractivity contribution in [1.29, 1.82) is 0 Å². The SMILES string of the molecule is CCN(CC(=O)Nc1nc(-c2ccc(Cl)cc2)cn1-c1cc(OC)cc(OC)c1)C(=O)C1CC1. The summed E-state index contributed by atoms with van der Waals surface area (Å²) in [6, 6.07) is 12.7. The molecular formula is C25H27ClN4O4. The number of amides is 2. The van der Waals surface area contributed by atoms with E-state index in [0.29, 0.717) is 40.4 Å². The van der Waals surface area contributed by atoms with Crippen LogP contribution in [0, 0.1) is 5.92 Å². The number of hydrogen-bond donors (Lipinski definition) is 1. The molecule has 1 N–H and O–H groups in total. The number of rotatable bonds is 9. The quantitative estimate of drug-likeness (QED) is 0.488. The molecule has 0 radical (unpaired) electrons. The first-order valence-electron chi connectivity index (χ1n) is 11.1. The maximum Gasteiger partial charge on any atom is 0.246 e. The van der Waals surface area contributed by atoms with Crippen LogP contribution < -0.4 is 14.8 Å². The average molecular weight is 483 g/mol. The molecule has 2 aromatic carbocycles. The number of aromatic nitrogens is 2. The maximum absolute atomic E-state index is 12.9. The molecule has 2 amide bonds. The van der Waals surface area contributed by atoms with Gasteiger partial charge < -0.3 is 14.4 Å². The van der Waals surface area contributed by atoms with Crippen LogP contribution in [0.3, 0.4) is 0 Å². The fourth-order valence-electron chi connectivity index (χ4n) is 3.63. The molecule has 0 atom stereocenters. The summed E-state index contributed by atoms with van der Waals surface area (Å²) in [6.45, 7) is 2.31. The highest BCUT2D eigenvalue weighted by molar-refractivity contribution is 6.30. The minimum Gasteiger partial charge on any atom is -0.497 e. The number of likely N-dealkylation sites (N-methyl/N-ethyl adjacent to an activating group) is 1. The van der Waals surface area contributed by atoms with Crippen LogP contribution in [0.15, 0.2) is 48.7 Å². The lowest BCUT2D eigenvalue weighted by Gasteiger charge is -2.20. The normalized spacial score (nSPS) is 12.8. The first kappa shape index (κ1) is 23.6. The zero-order valence-corrected chi connectivity index (χ0v) is 20.1. The van der Waals surface area contributed by atoms with Gasteiger partial charge in [-0.3, -0.25) is 19.5 Å².